The van der Waals surface area contributed by atoms with Gasteiger partial charge in [-0.1, -0.05) is 42.5 Å². The number of nitrogens with one attached hydrogen (secondary N) is 1. The summed E-state index contributed by atoms with van der Waals surface area (Å²) in [7, 11) is 0. The molecule has 1 aliphatic heterocycles. The molecular formula is C28H25N5O4. The van der Waals surface area contributed by atoms with Gasteiger partial charge < -0.3 is 10.1 Å². The molecule has 9 heteroatoms. The van der Waals surface area contributed by atoms with Crippen molar-refractivity contribution in [1.82, 2.24) is 25.0 Å². The van der Waals surface area contributed by atoms with E-state index in [1.54, 1.807) is 53.5 Å². The van der Waals surface area contributed by atoms with Crippen molar-refractivity contribution in [2.75, 3.05) is 6.61 Å². The van der Waals surface area contributed by atoms with Gasteiger partial charge in [-0.2, -0.15) is 5.10 Å². The van der Waals surface area contributed by atoms with Crippen molar-refractivity contribution in [3.8, 4) is 5.75 Å². The van der Waals surface area contributed by atoms with Gasteiger partial charge in [-0.3, -0.25) is 19.3 Å². The van der Waals surface area contributed by atoms with Crippen LogP contribution in [0, 0.1) is 0 Å². The first-order chi connectivity index (χ1) is 18.0. The van der Waals surface area contributed by atoms with Gasteiger partial charge in [-0.25, -0.2) is 9.67 Å². The highest BCUT2D eigenvalue weighted by Gasteiger charge is 2.35. The highest BCUT2D eigenvalue weighted by atomic mass is 16.5. The highest BCUT2D eigenvalue weighted by molar-refractivity contribution is 6.21. The van der Waals surface area contributed by atoms with Crippen molar-refractivity contribution < 1.29 is 19.1 Å². The number of ether oxygens (including phenoxy) is 1. The third-order valence-electron chi connectivity index (χ3n) is 6.16. The minimum atomic E-state index is -0.343. The number of carbonyl (C=O) groups excluding carboxylic acids is 3. The number of carbonyl (C=O) groups is 3. The molecule has 0 fully saturated rings. The van der Waals surface area contributed by atoms with E-state index in [1.807, 2.05) is 31.2 Å². The third kappa shape index (κ3) is 4.97. The fourth-order valence-electron chi connectivity index (χ4n) is 4.34. The molecule has 2 heterocycles. The first-order valence-corrected chi connectivity index (χ1v) is 11.9. The molecule has 9 nitrogen and oxygen atoms in total. The maximum Gasteiger partial charge on any atom is 0.261 e. The van der Waals surface area contributed by atoms with E-state index in [2.05, 4.69) is 15.4 Å². The number of aromatic nitrogens is 3. The normalized spacial score (nSPS) is 12.5. The van der Waals surface area contributed by atoms with Gasteiger partial charge in [-0.05, 0) is 47.9 Å². The Labute approximate surface area is 213 Å². The molecule has 0 atom stereocenters. The Hall–Kier alpha value is -4.79. The van der Waals surface area contributed by atoms with Crippen LogP contribution in [-0.2, 0) is 19.6 Å². The van der Waals surface area contributed by atoms with Crippen LogP contribution < -0.4 is 10.1 Å². The molecule has 3 aromatic carbocycles. The molecule has 186 valence electrons. The summed E-state index contributed by atoms with van der Waals surface area (Å²) >= 11 is 0. The summed E-state index contributed by atoms with van der Waals surface area (Å²) in [5.74, 6) is -0.570. The standard InChI is InChI=1S/C28H25N5O4/c1-2-37-25-12-11-19(15-33-27(35)22-9-5-6-10-23(22)28(33)36)13-24(25)26(34)30-14-20-7-3-4-8-21(20)16-32-18-29-17-31-32/h3-13,17-18H,2,14-16H2,1H3,(H,30,34). The Morgan fingerprint density at radius 3 is 2.30 bits per heavy atom. The number of benzene rings is 3. The van der Waals surface area contributed by atoms with Crippen LogP contribution in [-0.4, -0.2) is 44.0 Å². The zero-order chi connectivity index (χ0) is 25.8. The van der Waals surface area contributed by atoms with Crippen LogP contribution in [0.3, 0.4) is 0 Å². The molecule has 0 unspecified atom stereocenters. The molecular weight excluding hydrogens is 470 g/mol. The predicted octanol–water partition coefficient (Wildman–Crippen LogP) is 3.45. The molecule has 0 saturated carbocycles. The predicted molar refractivity (Wildman–Crippen MR) is 135 cm³/mol. The molecule has 0 bridgehead atoms. The van der Waals surface area contributed by atoms with Gasteiger partial charge in [0.15, 0.2) is 0 Å². The van der Waals surface area contributed by atoms with Crippen LogP contribution in [0.4, 0.5) is 0 Å². The second-order valence-electron chi connectivity index (χ2n) is 8.55. The van der Waals surface area contributed by atoms with Crippen molar-refractivity contribution in [3.63, 3.8) is 0 Å². The lowest BCUT2D eigenvalue weighted by Crippen LogP contribution is -2.29. The smallest absolute Gasteiger partial charge is 0.261 e. The van der Waals surface area contributed by atoms with Crippen LogP contribution in [0.25, 0.3) is 0 Å². The molecule has 0 spiro atoms. The lowest BCUT2D eigenvalue weighted by molar-refractivity contribution is 0.0642. The second-order valence-corrected chi connectivity index (χ2v) is 8.55. The van der Waals surface area contributed by atoms with Crippen molar-refractivity contribution in [1.29, 1.82) is 0 Å². The Morgan fingerprint density at radius 1 is 0.919 bits per heavy atom. The molecule has 0 saturated heterocycles. The second kappa shape index (κ2) is 10.4. The number of nitrogens with zero attached hydrogens (tertiary/aromatic N) is 4. The van der Waals surface area contributed by atoms with Crippen LogP contribution >= 0.6 is 0 Å². The van der Waals surface area contributed by atoms with Crippen LogP contribution in [0.1, 0.15) is 54.7 Å². The largest absolute Gasteiger partial charge is 0.493 e. The maximum atomic E-state index is 13.3. The Bertz CT molecular complexity index is 1430. The monoisotopic (exact) mass is 495 g/mol. The molecule has 0 radical (unpaired) electrons. The number of fused-ring (bicyclic) bond motifs is 1. The molecule has 4 aromatic rings. The molecule has 1 aromatic heterocycles. The van der Waals surface area contributed by atoms with Crippen LogP contribution in [0.5, 0.6) is 5.75 Å². The van der Waals surface area contributed by atoms with Crippen molar-refractivity contribution in [2.24, 2.45) is 0 Å². The minimum absolute atomic E-state index is 0.0553. The van der Waals surface area contributed by atoms with E-state index >= 15 is 0 Å². The number of rotatable bonds is 9. The number of imide groups is 1. The van der Waals surface area contributed by atoms with Gasteiger partial charge in [-0.15, -0.1) is 0 Å². The molecule has 37 heavy (non-hydrogen) atoms. The van der Waals surface area contributed by atoms with E-state index in [-0.39, 0.29) is 24.3 Å². The quantitative estimate of drug-likeness (QED) is 0.357. The van der Waals surface area contributed by atoms with E-state index in [9.17, 15) is 14.4 Å². The summed E-state index contributed by atoms with van der Waals surface area (Å²) in [6.07, 6.45) is 3.12. The first-order valence-electron chi connectivity index (χ1n) is 11.9. The summed E-state index contributed by atoms with van der Waals surface area (Å²) in [6, 6.07) is 19.7. The van der Waals surface area contributed by atoms with Crippen molar-refractivity contribution in [3.05, 3.63) is 113 Å². The van der Waals surface area contributed by atoms with Gasteiger partial charge in [0.2, 0.25) is 0 Å². The van der Waals surface area contributed by atoms with E-state index in [0.29, 0.717) is 47.7 Å². The van der Waals surface area contributed by atoms with Gasteiger partial charge in [0.25, 0.3) is 17.7 Å². The van der Waals surface area contributed by atoms with Gasteiger partial charge in [0.05, 0.1) is 36.4 Å². The topological polar surface area (TPSA) is 106 Å². The molecule has 5 rings (SSSR count). The van der Waals surface area contributed by atoms with Crippen LogP contribution in [0.2, 0.25) is 0 Å². The third-order valence-corrected chi connectivity index (χ3v) is 6.16. The van der Waals surface area contributed by atoms with Crippen molar-refractivity contribution >= 4 is 17.7 Å². The average molecular weight is 496 g/mol. The van der Waals surface area contributed by atoms with Gasteiger partial charge >= 0.3 is 0 Å². The summed E-state index contributed by atoms with van der Waals surface area (Å²) in [5.41, 5.74) is 3.73. The van der Waals surface area contributed by atoms with Crippen LogP contribution in [0.15, 0.2) is 79.4 Å². The summed E-state index contributed by atoms with van der Waals surface area (Å²) in [4.78, 5) is 44.0. The minimum Gasteiger partial charge on any atom is -0.493 e. The van der Waals surface area contributed by atoms with Gasteiger partial charge in [0, 0.05) is 6.54 Å². The number of amides is 3. The van der Waals surface area contributed by atoms with Crippen molar-refractivity contribution in [2.45, 2.75) is 26.6 Å². The highest BCUT2D eigenvalue weighted by Crippen LogP contribution is 2.26. The first kappa shape index (κ1) is 23.9. The average Bonchev–Trinajstić information content (AvgIpc) is 3.52. The summed E-state index contributed by atoms with van der Waals surface area (Å²) in [5, 5.41) is 7.13. The number of hydrogen-bond donors (Lipinski definition) is 1. The summed E-state index contributed by atoms with van der Waals surface area (Å²) in [6.45, 7) is 3.12. The van der Waals surface area contributed by atoms with E-state index in [0.717, 1.165) is 11.1 Å². The van der Waals surface area contributed by atoms with Gasteiger partial charge in [0.1, 0.15) is 18.4 Å². The Morgan fingerprint density at radius 2 is 1.62 bits per heavy atom. The maximum absolute atomic E-state index is 13.3. The fraction of sp³-hybridized carbons (Fsp3) is 0.179. The van der Waals surface area contributed by atoms with E-state index in [1.165, 1.54) is 11.2 Å². The zero-order valence-corrected chi connectivity index (χ0v) is 20.3. The Kier molecular flexibility index (Phi) is 6.76. The SMILES string of the molecule is CCOc1ccc(CN2C(=O)c3ccccc3C2=O)cc1C(=O)NCc1ccccc1Cn1cncn1. The Balaban J connectivity index is 1.34. The van der Waals surface area contributed by atoms with E-state index < -0.39 is 0 Å². The molecule has 1 N–H and O–H groups in total. The lowest BCUT2D eigenvalue weighted by atomic mass is 10.1. The fourth-order valence-corrected chi connectivity index (χ4v) is 4.34. The summed E-state index contributed by atoms with van der Waals surface area (Å²) < 4.78 is 7.41. The van der Waals surface area contributed by atoms with E-state index in [4.69, 9.17) is 4.74 Å². The zero-order valence-electron chi connectivity index (χ0n) is 20.3. The lowest BCUT2D eigenvalue weighted by Gasteiger charge is -2.17. The number of hydrogen-bond acceptors (Lipinski definition) is 6. The molecule has 0 aliphatic carbocycles. The molecule has 1 aliphatic rings. The molecule has 3 amide bonds.